The van der Waals surface area contributed by atoms with Crippen molar-refractivity contribution in [2.24, 2.45) is 4.99 Å². The van der Waals surface area contributed by atoms with Gasteiger partial charge in [-0.25, -0.2) is 14.6 Å². The Hall–Kier alpha value is -4.18. The minimum atomic E-state index is -1.03. The smallest absolute Gasteiger partial charge is 0.338 e. The second-order valence-electron chi connectivity index (χ2n) is 8.07. The second-order valence-corrected chi connectivity index (χ2v) is 9.08. The fourth-order valence-electron chi connectivity index (χ4n) is 4.11. The lowest BCUT2D eigenvalue weighted by Gasteiger charge is -2.25. The van der Waals surface area contributed by atoms with Crippen LogP contribution in [0.3, 0.4) is 0 Å². The number of carboxylic acids is 1. The first-order valence-corrected chi connectivity index (χ1v) is 12.4. The zero-order chi connectivity index (χ0) is 26.7. The summed E-state index contributed by atoms with van der Waals surface area (Å²) >= 11 is 1.19. The molecule has 0 fully saturated rings. The van der Waals surface area contributed by atoms with Crippen LogP contribution in [0.4, 0.5) is 0 Å². The van der Waals surface area contributed by atoms with Gasteiger partial charge in [-0.3, -0.25) is 9.36 Å². The van der Waals surface area contributed by atoms with E-state index < -0.39 is 18.0 Å². The molecule has 9 nitrogen and oxygen atoms in total. The van der Waals surface area contributed by atoms with Gasteiger partial charge in [0.25, 0.3) is 5.56 Å². The quantitative estimate of drug-likeness (QED) is 0.452. The van der Waals surface area contributed by atoms with Crippen LogP contribution >= 0.6 is 11.3 Å². The van der Waals surface area contributed by atoms with Crippen molar-refractivity contribution in [3.8, 4) is 11.5 Å². The maximum atomic E-state index is 13.7. The summed E-state index contributed by atoms with van der Waals surface area (Å²) in [6, 6.07) is 10.7. The van der Waals surface area contributed by atoms with Crippen molar-refractivity contribution >= 4 is 29.4 Å². The zero-order valence-electron chi connectivity index (χ0n) is 20.8. The van der Waals surface area contributed by atoms with Crippen molar-refractivity contribution in [2.45, 2.75) is 26.8 Å². The highest BCUT2D eigenvalue weighted by Crippen LogP contribution is 2.36. The molecule has 0 spiro atoms. The molecule has 0 bridgehead atoms. The van der Waals surface area contributed by atoms with E-state index in [1.807, 2.05) is 6.92 Å². The fourth-order valence-corrected chi connectivity index (χ4v) is 5.16. The number of carboxylic acid groups (broad SMARTS) is 1. The lowest BCUT2D eigenvalue weighted by Crippen LogP contribution is -2.40. The van der Waals surface area contributed by atoms with Crippen molar-refractivity contribution in [1.29, 1.82) is 0 Å². The van der Waals surface area contributed by atoms with Gasteiger partial charge in [0.2, 0.25) is 0 Å². The molecule has 1 aliphatic heterocycles. The van der Waals surface area contributed by atoms with Gasteiger partial charge in [0.15, 0.2) is 16.3 Å². The fraction of sp³-hybridized carbons (Fsp3) is 0.259. The molecule has 0 saturated heterocycles. The van der Waals surface area contributed by atoms with Gasteiger partial charge in [0.1, 0.15) is 0 Å². The molecule has 1 aromatic heterocycles. The van der Waals surface area contributed by atoms with Gasteiger partial charge in [0, 0.05) is 0 Å². The molecule has 0 unspecified atom stereocenters. The molecule has 0 amide bonds. The number of hydrogen-bond donors (Lipinski definition) is 1. The average Bonchev–Trinajstić information content (AvgIpc) is 3.18. The molecule has 1 N–H and O–H groups in total. The SMILES string of the molecule is CCOC(=O)C1=C(C)N=c2s/c(=C\c3ccc(C(=O)O)cc3)c(=O)n2[C@H]1c1ccc(OC)c(OCC)c1. The molecule has 10 heteroatoms. The molecular weight excluding hydrogens is 496 g/mol. The Labute approximate surface area is 216 Å². The number of carbonyl (C=O) groups excluding carboxylic acids is 1. The second kappa shape index (κ2) is 10.8. The molecule has 1 atom stereocenters. The topological polar surface area (TPSA) is 116 Å². The Morgan fingerprint density at radius 3 is 2.46 bits per heavy atom. The normalized spacial score (nSPS) is 15.1. The Morgan fingerprint density at radius 2 is 1.84 bits per heavy atom. The van der Waals surface area contributed by atoms with Crippen molar-refractivity contribution in [3.63, 3.8) is 0 Å². The summed E-state index contributed by atoms with van der Waals surface area (Å²) in [5, 5.41) is 9.14. The minimum Gasteiger partial charge on any atom is -0.493 e. The van der Waals surface area contributed by atoms with E-state index in [9.17, 15) is 14.4 Å². The van der Waals surface area contributed by atoms with E-state index in [4.69, 9.17) is 19.3 Å². The van der Waals surface area contributed by atoms with Gasteiger partial charge < -0.3 is 19.3 Å². The Bertz CT molecular complexity index is 1570. The molecule has 2 aromatic carbocycles. The van der Waals surface area contributed by atoms with Crippen molar-refractivity contribution in [1.82, 2.24) is 4.57 Å². The third-order valence-corrected chi connectivity index (χ3v) is 6.76. The van der Waals surface area contributed by atoms with E-state index in [2.05, 4.69) is 4.99 Å². The first kappa shape index (κ1) is 25.9. The number of rotatable bonds is 8. The number of benzene rings is 2. The third-order valence-electron chi connectivity index (χ3n) is 5.78. The van der Waals surface area contributed by atoms with E-state index in [0.717, 1.165) is 0 Å². The number of thiazole rings is 1. The lowest BCUT2D eigenvalue weighted by atomic mass is 9.95. The number of carbonyl (C=O) groups is 2. The number of hydrogen-bond acceptors (Lipinski definition) is 8. The number of nitrogens with zero attached hydrogens (tertiary/aromatic N) is 2. The number of methoxy groups -OCH3 is 1. The van der Waals surface area contributed by atoms with E-state index in [-0.39, 0.29) is 23.3 Å². The van der Waals surface area contributed by atoms with Gasteiger partial charge in [-0.2, -0.15) is 0 Å². The molecule has 37 heavy (non-hydrogen) atoms. The molecule has 192 valence electrons. The van der Waals surface area contributed by atoms with Crippen molar-refractivity contribution in [2.75, 3.05) is 20.3 Å². The molecule has 3 aromatic rings. The highest BCUT2D eigenvalue weighted by Gasteiger charge is 2.34. The Kier molecular flexibility index (Phi) is 7.58. The van der Waals surface area contributed by atoms with Crippen LogP contribution in [0, 0.1) is 0 Å². The van der Waals surface area contributed by atoms with Crippen molar-refractivity contribution in [3.05, 3.63) is 90.1 Å². The summed E-state index contributed by atoms with van der Waals surface area (Å²) in [5.41, 5.74) is 1.84. The number of fused-ring (bicyclic) bond motifs is 1. The summed E-state index contributed by atoms with van der Waals surface area (Å²) in [4.78, 5) is 42.9. The number of aromatic carboxylic acids is 1. The summed E-state index contributed by atoms with van der Waals surface area (Å²) in [6.07, 6.45) is 1.68. The van der Waals surface area contributed by atoms with Gasteiger partial charge in [-0.05, 0) is 62.2 Å². The summed E-state index contributed by atoms with van der Waals surface area (Å²) in [5.74, 6) is -0.568. The third kappa shape index (κ3) is 5.05. The number of ether oxygens (including phenoxy) is 3. The van der Waals surface area contributed by atoms with E-state index in [0.29, 0.717) is 44.3 Å². The predicted octanol–water partition coefficient (Wildman–Crippen LogP) is 2.90. The Balaban J connectivity index is 1.93. The van der Waals surface area contributed by atoms with E-state index in [1.54, 1.807) is 50.3 Å². The highest BCUT2D eigenvalue weighted by atomic mass is 32.1. The molecule has 2 heterocycles. The first-order chi connectivity index (χ1) is 17.8. The number of allylic oxidation sites excluding steroid dienone is 1. The standard InChI is InChI=1S/C27H26N2O7S/c1-5-35-20-14-18(11-12-19(20)34-4)23-22(26(33)36-6-2)15(3)28-27-29(23)24(30)21(37-27)13-16-7-9-17(10-8-16)25(31)32/h7-14,23H,5-6H2,1-4H3,(H,31,32)/b21-13-/t23-/m0/s1. The summed E-state index contributed by atoms with van der Waals surface area (Å²) in [7, 11) is 1.54. The zero-order valence-corrected chi connectivity index (χ0v) is 21.6. The Morgan fingerprint density at radius 1 is 1.11 bits per heavy atom. The number of esters is 1. The van der Waals surface area contributed by atoms with Crippen LogP contribution < -0.4 is 24.4 Å². The molecule has 1 aliphatic rings. The summed E-state index contributed by atoms with van der Waals surface area (Å²) < 4.78 is 18.4. The summed E-state index contributed by atoms with van der Waals surface area (Å²) in [6.45, 7) is 5.86. The largest absolute Gasteiger partial charge is 0.493 e. The highest BCUT2D eigenvalue weighted by molar-refractivity contribution is 7.07. The van der Waals surface area contributed by atoms with Crippen LogP contribution in [0.25, 0.3) is 6.08 Å². The van der Waals surface area contributed by atoms with Crippen LogP contribution in [0.2, 0.25) is 0 Å². The lowest BCUT2D eigenvalue weighted by molar-refractivity contribution is -0.139. The molecule has 0 saturated carbocycles. The van der Waals surface area contributed by atoms with Gasteiger partial charge in [-0.15, -0.1) is 0 Å². The van der Waals surface area contributed by atoms with Crippen LogP contribution in [-0.2, 0) is 9.53 Å². The maximum absolute atomic E-state index is 13.7. The molecule has 0 aliphatic carbocycles. The van der Waals surface area contributed by atoms with E-state index in [1.165, 1.54) is 35.1 Å². The van der Waals surface area contributed by atoms with Crippen LogP contribution in [0.1, 0.15) is 48.3 Å². The van der Waals surface area contributed by atoms with E-state index >= 15 is 0 Å². The van der Waals surface area contributed by atoms with Crippen LogP contribution in [0.5, 0.6) is 11.5 Å². The van der Waals surface area contributed by atoms with Crippen molar-refractivity contribution < 1.29 is 28.9 Å². The van der Waals surface area contributed by atoms with Gasteiger partial charge in [0.05, 0.1) is 47.7 Å². The average molecular weight is 523 g/mol. The van der Waals surface area contributed by atoms with Crippen LogP contribution in [0.15, 0.2) is 63.5 Å². The van der Waals surface area contributed by atoms with Gasteiger partial charge in [-0.1, -0.05) is 29.5 Å². The minimum absolute atomic E-state index is 0.151. The van der Waals surface area contributed by atoms with Gasteiger partial charge >= 0.3 is 11.9 Å². The van der Waals surface area contributed by atoms with Crippen LogP contribution in [-0.4, -0.2) is 41.9 Å². The predicted molar refractivity (Wildman–Crippen MR) is 138 cm³/mol. The molecular formula is C27H26N2O7S. The monoisotopic (exact) mass is 522 g/mol. The number of aromatic nitrogens is 1. The first-order valence-electron chi connectivity index (χ1n) is 11.6. The molecule has 0 radical (unpaired) electrons. The maximum Gasteiger partial charge on any atom is 0.338 e. The molecule has 4 rings (SSSR count).